The van der Waals surface area contributed by atoms with Gasteiger partial charge in [0.2, 0.25) is 11.8 Å². The SMILES string of the molecule is CC1=NNC(=O)[C@@H]1CCC(=O)N1CCC[C@@H](c2cc(C(F)(F)F)c3c(C)noc3n2)C1. The van der Waals surface area contributed by atoms with E-state index in [4.69, 9.17) is 4.52 Å². The number of halogens is 3. The summed E-state index contributed by atoms with van der Waals surface area (Å²) in [6, 6.07) is 1.05. The smallest absolute Gasteiger partial charge is 0.342 e. The highest BCUT2D eigenvalue weighted by atomic mass is 19.4. The van der Waals surface area contributed by atoms with Crippen molar-refractivity contribution in [3.8, 4) is 0 Å². The number of hydrazone groups is 1. The zero-order valence-electron chi connectivity index (χ0n) is 17.1. The van der Waals surface area contributed by atoms with Crippen molar-refractivity contribution in [1.82, 2.24) is 20.5 Å². The van der Waals surface area contributed by atoms with Gasteiger partial charge in [-0.2, -0.15) is 18.3 Å². The van der Waals surface area contributed by atoms with E-state index < -0.39 is 17.7 Å². The van der Waals surface area contributed by atoms with Crippen molar-refractivity contribution in [2.24, 2.45) is 11.0 Å². The molecule has 2 aromatic heterocycles. The fourth-order valence-electron chi connectivity index (χ4n) is 4.25. The summed E-state index contributed by atoms with van der Waals surface area (Å²) in [6.07, 6.45) is -2.79. The molecular formula is C20H22F3N5O3. The van der Waals surface area contributed by atoms with Crippen molar-refractivity contribution < 1.29 is 27.3 Å². The second kappa shape index (κ2) is 7.93. The van der Waals surface area contributed by atoms with E-state index in [1.54, 1.807) is 11.8 Å². The fourth-order valence-corrected chi connectivity index (χ4v) is 4.25. The quantitative estimate of drug-likeness (QED) is 0.792. The first-order valence-corrected chi connectivity index (χ1v) is 10.1. The number of hydrogen-bond acceptors (Lipinski definition) is 6. The number of aromatic nitrogens is 2. The third-order valence-electron chi connectivity index (χ3n) is 5.94. The first kappa shape index (κ1) is 21.3. The standard InChI is InChI=1S/C20H22F3N5O3/c1-10-13(18(30)26-25-10)5-6-16(29)28-7-3-4-12(9-28)15-8-14(20(21,22)23)17-11(2)27-31-19(17)24-15/h8,12-13H,3-7,9H2,1-2H3,(H,26,30)/t12-,13-/m1/s1. The number of nitrogens with one attached hydrogen (secondary N) is 1. The minimum absolute atomic E-state index is 0.133. The number of rotatable bonds is 4. The molecule has 2 aliphatic heterocycles. The van der Waals surface area contributed by atoms with E-state index in [1.165, 1.54) is 6.92 Å². The molecule has 0 spiro atoms. The number of alkyl halides is 3. The van der Waals surface area contributed by atoms with Crippen LogP contribution in [0.2, 0.25) is 0 Å². The second-order valence-electron chi connectivity index (χ2n) is 8.04. The summed E-state index contributed by atoms with van der Waals surface area (Å²) >= 11 is 0. The molecular weight excluding hydrogens is 415 g/mol. The molecule has 1 N–H and O–H groups in total. The maximum Gasteiger partial charge on any atom is 0.417 e. The molecule has 2 aliphatic rings. The largest absolute Gasteiger partial charge is 0.417 e. The topological polar surface area (TPSA) is 101 Å². The van der Waals surface area contributed by atoms with Crippen LogP contribution >= 0.6 is 0 Å². The molecule has 166 valence electrons. The minimum atomic E-state index is -4.57. The van der Waals surface area contributed by atoms with Crippen molar-refractivity contribution in [3.05, 3.63) is 23.0 Å². The molecule has 0 aliphatic carbocycles. The molecule has 1 saturated heterocycles. The number of piperidine rings is 1. The highest BCUT2D eigenvalue weighted by molar-refractivity contribution is 6.07. The molecule has 1 fully saturated rings. The van der Waals surface area contributed by atoms with Crippen molar-refractivity contribution in [2.75, 3.05) is 13.1 Å². The van der Waals surface area contributed by atoms with Crippen LogP contribution in [-0.4, -0.2) is 45.7 Å². The van der Waals surface area contributed by atoms with Crippen LogP contribution in [0.3, 0.4) is 0 Å². The van der Waals surface area contributed by atoms with Gasteiger partial charge in [0.05, 0.1) is 28.3 Å². The van der Waals surface area contributed by atoms with Crippen LogP contribution in [0, 0.1) is 12.8 Å². The summed E-state index contributed by atoms with van der Waals surface area (Å²) in [6.45, 7) is 3.97. The van der Waals surface area contributed by atoms with E-state index in [2.05, 4.69) is 20.7 Å². The average Bonchev–Trinajstić information content (AvgIpc) is 3.26. The van der Waals surface area contributed by atoms with Crippen molar-refractivity contribution >= 4 is 28.6 Å². The van der Waals surface area contributed by atoms with E-state index >= 15 is 0 Å². The third kappa shape index (κ3) is 4.13. The van der Waals surface area contributed by atoms with Gasteiger partial charge in [0.15, 0.2) is 0 Å². The van der Waals surface area contributed by atoms with Gasteiger partial charge in [0, 0.05) is 31.1 Å². The van der Waals surface area contributed by atoms with Crippen molar-refractivity contribution in [1.29, 1.82) is 0 Å². The van der Waals surface area contributed by atoms with Crippen LogP contribution < -0.4 is 5.43 Å². The molecule has 11 heteroatoms. The van der Waals surface area contributed by atoms with Crippen molar-refractivity contribution in [2.45, 2.75) is 51.6 Å². The number of nitrogens with zero attached hydrogens (tertiary/aromatic N) is 4. The lowest BCUT2D eigenvalue weighted by Crippen LogP contribution is -2.39. The third-order valence-corrected chi connectivity index (χ3v) is 5.94. The number of pyridine rings is 1. The predicted molar refractivity (Wildman–Crippen MR) is 104 cm³/mol. The van der Waals surface area contributed by atoms with Gasteiger partial charge in [-0.15, -0.1) is 0 Å². The highest BCUT2D eigenvalue weighted by Crippen LogP contribution is 2.38. The van der Waals surface area contributed by atoms with Gasteiger partial charge in [-0.1, -0.05) is 5.16 Å². The first-order chi connectivity index (χ1) is 14.6. The summed E-state index contributed by atoms with van der Waals surface area (Å²) in [4.78, 5) is 30.4. The van der Waals surface area contributed by atoms with Gasteiger partial charge in [-0.3, -0.25) is 9.59 Å². The highest BCUT2D eigenvalue weighted by Gasteiger charge is 2.37. The molecule has 4 rings (SSSR count). The number of amides is 2. The number of carbonyl (C=O) groups is 2. The Kier molecular flexibility index (Phi) is 5.44. The van der Waals surface area contributed by atoms with Gasteiger partial charge >= 0.3 is 6.18 Å². The maximum absolute atomic E-state index is 13.6. The predicted octanol–water partition coefficient (Wildman–Crippen LogP) is 3.16. The maximum atomic E-state index is 13.6. The average molecular weight is 437 g/mol. The van der Waals surface area contributed by atoms with Gasteiger partial charge < -0.3 is 9.42 Å². The summed E-state index contributed by atoms with van der Waals surface area (Å²) in [5.74, 6) is -1.12. The van der Waals surface area contributed by atoms with Crippen molar-refractivity contribution in [3.63, 3.8) is 0 Å². The van der Waals surface area contributed by atoms with E-state index in [1.807, 2.05) is 0 Å². The Morgan fingerprint density at radius 1 is 1.35 bits per heavy atom. The number of carbonyl (C=O) groups excluding carboxylic acids is 2. The summed E-state index contributed by atoms with van der Waals surface area (Å²) in [5, 5.41) is 7.37. The molecule has 8 nitrogen and oxygen atoms in total. The van der Waals surface area contributed by atoms with Crippen LogP contribution in [0.4, 0.5) is 13.2 Å². The van der Waals surface area contributed by atoms with E-state index in [9.17, 15) is 22.8 Å². The molecule has 2 amide bonds. The molecule has 0 bridgehead atoms. The van der Waals surface area contributed by atoms with Crippen LogP contribution in [-0.2, 0) is 15.8 Å². The first-order valence-electron chi connectivity index (χ1n) is 10.1. The zero-order chi connectivity index (χ0) is 22.3. The zero-order valence-corrected chi connectivity index (χ0v) is 17.1. The number of hydrogen-bond donors (Lipinski definition) is 1. The molecule has 0 aromatic carbocycles. The van der Waals surface area contributed by atoms with Gasteiger partial charge in [0.25, 0.3) is 5.71 Å². The Morgan fingerprint density at radius 2 is 2.13 bits per heavy atom. The van der Waals surface area contributed by atoms with Gasteiger partial charge in [-0.25, -0.2) is 10.4 Å². The van der Waals surface area contributed by atoms with E-state index in [-0.39, 0.29) is 53.2 Å². The molecule has 4 heterocycles. The second-order valence-corrected chi connectivity index (χ2v) is 8.04. The Labute approximate surface area is 175 Å². The Bertz CT molecular complexity index is 1060. The molecule has 0 unspecified atom stereocenters. The molecule has 0 radical (unpaired) electrons. The van der Waals surface area contributed by atoms with E-state index in [0.717, 1.165) is 6.07 Å². The molecule has 31 heavy (non-hydrogen) atoms. The normalized spacial score (nSPS) is 22.0. The summed E-state index contributed by atoms with van der Waals surface area (Å²) < 4.78 is 45.9. The number of fused-ring (bicyclic) bond motifs is 1. The number of aryl methyl sites for hydroxylation is 1. The van der Waals surface area contributed by atoms with Crippen LogP contribution in [0.25, 0.3) is 11.1 Å². The fraction of sp³-hybridized carbons (Fsp3) is 0.550. The lowest BCUT2D eigenvalue weighted by Gasteiger charge is -2.33. The Morgan fingerprint density at radius 3 is 2.81 bits per heavy atom. The molecule has 2 aromatic rings. The minimum Gasteiger partial charge on any atom is -0.342 e. The van der Waals surface area contributed by atoms with E-state index in [0.29, 0.717) is 31.5 Å². The summed E-state index contributed by atoms with van der Waals surface area (Å²) in [5.41, 5.74) is 2.45. The lowest BCUT2D eigenvalue weighted by molar-refractivity contribution is -0.136. The van der Waals surface area contributed by atoms with Gasteiger partial charge in [-0.05, 0) is 39.2 Å². The molecule has 2 atom stereocenters. The number of likely N-dealkylation sites (tertiary alicyclic amines) is 1. The monoisotopic (exact) mass is 437 g/mol. The van der Waals surface area contributed by atoms with Crippen LogP contribution in [0.15, 0.2) is 15.7 Å². The van der Waals surface area contributed by atoms with Crippen LogP contribution in [0.1, 0.15) is 55.5 Å². The van der Waals surface area contributed by atoms with Crippen LogP contribution in [0.5, 0.6) is 0 Å². The summed E-state index contributed by atoms with van der Waals surface area (Å²) in [7, 11) is 0. The molecule has 0 saturated carbocycles. The Balaban J connectivity index is 1.51. The Hall–Kier alpha value is -2.98. The lowest BCUT2D eigenvalue weighted by atomic mass is 9.92. The van der Waals surface area contributed by atoms with Gasteiger partial charge in [0.1, 0.15) is 0 Å².